The third-order valence-corrected chi connectivity index (χ3v) is 8.96. The molecule has 0 bridgehead atoms. The maximum Gasteiger partial charge on any atom is 0.389 e. The van der Waals surface area contributed by atoms with Gasteiger partial charge < -0.3 is 4.74 Å². The lowest BCUT2D eigenvalue weighted by Crippen LogP contribution is -2.37. The third kappa shape index (κ3) is 6.75. The highest BCUT2D eigenvalue weighted by molar-refractivity contribution is 7.91. The summed E-state index contributed by atoms with van der Waals surface area (Å²) in [6.07, 6.45) is -5.58. The number of hydrogen-bond acceptors (Lipinski definition) is 4. The van der Waals surface area contributed by atoms with E-state index in [0.29, 0.717) is 11.6 Å². The van der Waals surface area contributed by atoms with Crippen molar-refractivity contribution in [2.45, 2.75) is 51.3 Å². The van der Waals surface area contributed by atoms with Gasteiger partial charge >= 0.3 is 16.4 Å². The molecule has 11 heteroatoms. The van der Waals surface area contributed by atoms with E-state index in [1.165, 1.54) is 18.2 Å². The molecule has 0 atom stereocenters. The Kier molecular flexibility index (Phi) is 7.66. The van der Waals surface area contributed by atoms with Crippen LogP contribution in [0.25, 0.3) is 0 Å². The van der Waals surface area contributed by atoms with Crippen LogP contribution in [0.4, 0.5) is 18.9 Å². The van der Waals surface area contributed by atoms with E-state index in [9.17, 15) is 26.4 Å². The minimum atomic E-state index is -4.31. The van der Waals surface area contributed by atoms with Gasteiger partial charge in [-0.15, -0.1) is 0 Å². The minimum Gasteiger partial charge on any atom is -0.487 e. The van der Waals surface area contributed by atoms with Gasteiger partial charge in [-0.1, -0.05) is 56.0 Å². The Hall–Kier alpha value is -2.53. The van der Waals surface area contributed by atoms with E-state index in [1.54, 1.807) is 0 Å². The van der Waals surface area contributed by atoms with Crippen molar-refractivity contribution in [3.05, 3.63) is 59.7 Å². The fraction of sp³-hybridized carbons (Fsp3) is 0.435. The molecule has 6 nitrogen and oxygen atoms in total. The van der Waals surface area contributed by atoms with Gasteiger partial charge in [0, 0.05) is 21.0 Å². The highest BCUT2D eigenvalue weighted by Gasteiger charge is 2.44. The van der Waals surface area contributed by atoms with E-state index in [0.717, 1.165) is 14.2 Å². The molecule has 0 unspecified atom stereocenters. The van der Waals surface area contributed by atoms with E-state index in [-0.39, 0.29) is 37.6 Å². The molecule has 1 heterocycles. The summed E-state index contributed by atoms with van der Waals surface area (Å²) in [5.74, 6) is -0.416. The Labute approximate surface area is 199 Å². The van der Waals surface area contributed by atoms with Crippen LogP contribution in [0.5, 0.6) is 5.75 Å². The van der Waals surface area contributed by atoms with Gasteiger partial charge in [-0.05, 0) is 35.7 Å². The van der Waals surface area contributed by atoms with Crippen molar-refractivity contribution in [2.75, 3.05) is 17.4 Å². The van der Waals surface area contributed by atoms with Crippen molar-refractivity contribution in [2.24, 2.45) is 0 Å². The average Bonchev–Trinajstić information content (AvgIpc) is 2.97. The molecule has 0 spiro atoms. The number of anilines is 1. The Morgan fingerprint density at radius 2 is 1.71 bits per heavy atom. The van der Waals surface area contributed by atoms with Crippen LogP contribution in [-0.2, 0) is 28.0 Å². The monoisotopic (exact) mass is 514 g/mol. The lowest BCUT2D eigenvalue weighted by atomic mass is 10.1. The lowest BCUT2D eigenvalue weighted by molar-refractivity contribution is -0.134. The number of carbonyl (C=O) groups is 1. The summed E-state index contributed by atoms with van der Waals surface area (Å²) in [7, 11) is -5.73. The van der Waals surface area contributed by atoms with Gasteiger partial charge in [-0.2, -0.15) is 21.6 Å². The van der Waals surface area contributed by atoms with Gasteiger partial charge in [-0.3, -0.25) is 4.79 Å². The Balaban J connectivity index is 1.91. The van der Waals surface area contributed by atoms with Gasteiger partial charge in [-0.25, -0.2) is 8.61 Å². The number of ether oxygens (including phenoxy) is 1. The number of amides is 1. The molecule has 3 rings (SSSR count). The summed E-state index contributed by atoms with van der Waals surface area (Å²) in [6.45, 7) is 6.10. The molecule has 1 amide bonds. The van der Waals surface area contributed by atoms with Crippen LogP contribution in [0.15, 0.2) is 48.5 Å². The molecule has 0 radical (unpaired) electrons. The van der Waals surface area contributed by atoms with Crippen LogP contribution >= 0.6 is 0 Å². The van der Waals surface area contributed by atoms with Crippen molar-refractivity contribution >= 4 is 29.9 Å². The molecule has 0 N–H and O–H groups in total. The van der Waals surface area contributed by atoms with Crippen molar-refractivity contribution < 1.29 is 31.1 Å². The SMILES string of the molecule is C[Si](C)(C)CCN1C(=O)CN(c2ccc(CCC(F)(F)F)cc2OCc2ccccc2)S1(=O)=O. The topological polar surface area (TPSA) is 66.9 Å². The summed E-state index contributed by atoms with van der Waals surface area (Å²) in [4.78, 5) is 12.6. The number of carbonyl (C=O) groups excluding carboxylic acids is 1. The van der Waals surface area contributed by atoms with Gasteiger partial charge in [0.05, 0.1) is 5.69 Å². The molecule has 1 aliphatic heterocycles. The van der Waals surface area contributed by atoms with Crippen molar-refractivity contribution in [1.29, 1.82) is 0 Å². The first-order valence-corrected chi connectivity index (χ1v) is 16.1. The predicted molar refractivity (Wildman–Crippen MR) is 128 cm³/mol. The molecule has 0 saturated carbocycles. The standard InChI is InChI=1S/C23H29F3N2O4SSi/c1-34(2,3)14-13-27-22(29)16-28(33(27,30)31)20-10-9-18(11-12-23(24,25)26)15-21(20)32-17-19-7-5-4-6-8-19/h4-10,15H,11-14,16-17H2,1-3H3. The summed E-state index contributed by atoms with van der Waals surface area (Å²) in [5.41, 5.74) is 1.31. The Morgan fingerprint density at radius 3 is 2.32 bits per heavy atom. The lowest BCUT2D eigenvalue weighted by Gasteiger charge is -2.24. The highest BCUT2D eigenvalue weighted by Crippen LogP contribution is 2.36. The van der Waals surface area contributed by atoms with E-state index in [4.69, 9.17) is 4.74 Å². The first-order chi connectivity index (χ1) is 15.8. The molecular formula is C23H29F3N2O4SSi. The fourth-order valence-corrected chi connectivity index (χ4v) is 6.08. The molecule has 0 aliphatic carbocycles. The minimum absolute atomic E-state index is 0.0950. The zero-order valence-electron chi connectivity index (χ0n) is 19.4. The number of halogens is 3. The smallest absolute Gasteiger partial charge is 0.389 e. The van der Waals surface area contributed by atoms with Crippen LogP contribution in [0, 0.1) is 0 Å². The summed E-state index contributed by atoms with van der Waals surface area (Å²) < 4.78 is 72.4. The number of nitrogens with zero attached hydrogens (tertiary/aromatic N) is 2. The molecule has 2 aromatic carbocycles. The second kappa shape index (κ2) is 9.99. The van der Waals surface area contributed by atoms with Crippen molar-refractivity contribution in [3.8, 4) is 5.75 Å². The van der Waals surface area contributed by atoms with Gasteiger partial charge in [0.1, 0.15) is 18.9 Å². The molecule has 186 valence electrons. The Bertz CT molecular complexity index is 1120. The first kappa shape index (κ1) is 26.1. The van der Waals surface area contributed by atoms with Crippen LogP contribution in [0.2, 0.25) is 25.7 Å². The molecule has 2 aromatic rings. The van der Waals surface area contributed by atoms with Crippen molar-refractivity contribution in [3.63, 3.8) is 0 Å². The number of hydrogen-bond donors (Lipinski definition) is 0. The second-order valence-electron chi connectivity index (χ2n) is 9.48. The van der Waals surface area contributed by atoms with E-state index in [2.05, 4.69) is 19.6 Å². The molecule has 34 heavy (non-hydrogen) atoms. The van der Waals surface area contributed by atoms with E-state index >= 15 is 0 Å². The van der Waals surface area contributed by atoms with Crippen LogP contribution in [0.3, 0.4) is 0 Å². The maximum atomic E-state index is 13.2. The van der Waals surface area contributed by atoms with Crippen LogP contribution in [-0.4, -0.2) is 46.0 Å². The largest absolute Gasteiger partial charge is 0.487 e. The van der Waals surface area contributed by atoms with Crippen LogP contribution < -0.4 is 9.04 Å². The normalized spacial score (nSPS) is 16.2. The van der Waals surface area contributed by atoms with Crippen molar-refractivity contribution in [1.82, 2.24) is 4.31 Å². The maximum absolute atomic E-state index is 13.2. The predicted octanol–water partition coefficient (Wildman–Crippen LogP) is 4.99. The summed E-state index contributed by atoms with van der Waals surface area (Å²) in [6, 6.07) is 14.0. The molecule has 0 aromatic heterocycles. The average molecular weight is 515 g/mol. The first-order valence-electron chi connectivity index (χ1n) is 11.0. The highest BCUT2D eigenvalue weighted by atomic mass is 32.2. The second-order valence-corrected chi connectivity index (χ2v) is 16.9. The van der Waals surface area contributed by atoms with E-state index < -0.39 is 36.8 Å². The zero-order valence-corrected chi connectivity index (χ0v) is 21.2. The number of benzene rings is 2. The van der Waals surface area contributed by atoms with E-state index in [1.807, 2.05) is 30.3 Å². The number of rotatable bonds is 9. The van der Waals surface area contributed by atoms with Gasteiger partial charge in [0.2, 0.25) is 0 Å². The number of alkyl halides is 3. The molecule has 1 fully saturated rings. The number of aryl methyl sites for hydroxylation is 1. The van der Waals surface area contributed by atoms with Gasteiger partial charge in [0.25, 0.3) is 5.91 Å². The summed E-state index contributed by atoms with van der Waals surface area (Å²) in [5, 5.41) is 0. The summed E-state index contributed by atoms with van der Waals surface area (Å²) >= 11 is 0. The fourth-order valence-electron chi connectivity index (χ4n) is 3.47. The van der Waals surface area contributed by atoms with Crippen LogP contribution in [0.1, 0.15) is 17.5 Å². The molecular weight excluding hydrogens is 485 g/mol. The molecule has 1 saturated heterocycles. The van der Waals surface area contributed by atoms with Gasteiger partial charge in [0.15, 0.2) is 0 Å². The Morgan fingerprint density at radius 1 is 1.03 bits per heavy atom. The quantitative estimate of drug-likeness (QED) is 0.442. The third-order valence-electron chi connectivity index (χ3n) is 5.41. The molecule has 1 aliphatic rings. The zero-order chi connectivity index (χ0) is 25.1.